The van der Waals surface area contributed by atoms with Crippen LogP contribution in [0.5, 0.6) is 11.5 Å². The van der Waals surface area contributed by atoms with E-state index < -0.39 is 5.97 Å². The zero-order valence-corrected chi connectivity index (χ0v) is 19.9. The molecule has 1 aliphatic heterocycles. The van der Waals surface area contributed by atoms with Crippen molar-refractivity contribution in [1.29, 1.82) is 0 Å². The maximum absolute atomic E-state index is 13.2. The third kappa shape index (κ3) is 5.64. The monoisotopic (exact) mass is 449 g/mol. The molecule has 1 amide bonds. The Morgan fingerprint density at radius 3 is 2.45 bits per heavy atom. The molecule has 0 saturated carbocycles. The highest BCUT2D eigenvalue weighted by Crippen LogP contribution is 2.34. The summed E-state index contributed by atoms with van der Waals surface area (Å²) < 4.78 is 16.7. The molecule has 0 aromatic heterocycles. The fraction of sp³-hybridized carbons (Fsp3) is 0.333. The lowest BCUT2D eigenvalue weighted by atomic mass is 10.0. The number of carbonyl (C=O) groups is 2. The molecule has 2 aromatic carbocycles. The van der Waals surface area contributed by atoms with Crippen LogP contribution in [0.25, 0.3) is 6.08 Å². The fourth-order valence-corrected chi connectivity index (χ4v) is 3.71. The molecule has 1 aliphatic rings. The van der Waals surface area contributed by atoms with Crippen LogP contribution in [0.2, 0.25) is 0 Å². The largest absolute Gasteiger partial charge is 0.493 e. The number of allylic oxidation sites excluding steroid dienone is 1. The molecule has 0 radical (unpaired) electrons. The van der Waals surface area contributed by atoms with Gasteiger partial charge in [0.25, 0.3) is 5.91 Å². The molecule has 0 bridgehead atoms. The van der Waals surface area contributed by atoms with Crippen molar-refractivity contribution in [3.8, 4) is 11.5 Å². The van der Waals surface area contributed by atoms with Crippen molar-refractivity contribution < 1.29 is 23.8 Å². The molecule has 6 nitrogen and oxygen atoms in total. The van der Waals surface area contributed by atoms with Gasteiger partial charge in [0.15, 0.2) is 11.5 Å². The van der Waals surface area contributed by atoms with Gasteiger partial charge in [-0.05, 0) is 49.1 Å². The Morgan fingerprint density at radius 1 is 1.09 bits per heavy atom. The van der Waals surface area contributed by atoms with Crippen LogP contribution in [0.4, 0.5) is 0 Å². The molecule has 0 atom stereocenters. The normalized spacial score (nSPS) is 14.9. The van der Waals surface area contributed by atoms with Gasteiger partial charge < -0.3 is 19.1 Å². The molecule has 2 aromatic rings. The predicted octanol–water partition coefficient (Wildman–Crippen LogP) is 4.99. The summed E-state index contributed by atoms with van der Waals surface area (Å²) in [5, 5.41) is 0. The molecule has 0 aliphatic carbocycles. The van der Waals surface area contributed by atoms with Crippen LogP contribution in [-0.4, -0.2) is 37.0 Å². The lowest BCUT2D eigenvalue weighted by molar-refractivity contribution is -0.138. The number of methoxy groups -OCH3 is 1. The van der Waals surface area contributed by atoms with Crippen LogP contribution in [0.15, 0.2) is 65.4 Å². The van der Waals surface area contributed by atoms with E-state index >= 15 is 0 Å². The van der Waals surface area contributed by atoms with Crippen LogP contribution < -0.4 is 9.47 Å². The maximum atomic E-state index is 13.2. The summed E-state index contributed by atoms with van der Waals surface area (Å²) in [5.74, 6) is 0.708. The molecule has 0 saturated heterocycles. The first-order chi connectivity index (χ1) is 15.8. The van der Waals surface area contributed by atoms with Crippen LogP contribution in [-0.2, 0) is 20.9 Å². The van der Waals surface area contributed by atoms with E-state index in [-0.39, 0.29) is 18.4 Å². The third-order valence-electron chi connectivity index (χ3n) is 5.27. The first kappa shape index (κ1) is 24.1. The highest BCUT2D eigenvalue weighted by atomic mass is 16.5. The van der Waals surface area contributed by atoms with Gasteiger partial charge in [0.1, 0.15) is 6.61 Å². The number of nitrogens with zero attached hydrogens (tertiary/aromatic N) is 1. The van der Waals surface area contributed by atoms with Crippen molar-refractivity contribution in [2.75, 3.05) is 20.3 Å². The topological polar surface area (TPSA) is 65.1 Å². The highest BCUT2D eigenvalue weighted by Gasteiger charge is 2.37. The van der Waals surface area contributed by atoms with Crippen LogP contribution in [0, 0.1) is 5.92 Å². The second kappa shape index (κ2) is 10.9. The smallest absolute Gasteiger partial charge is 0.340 e. The Kier molecular flexibility index (Phi) is 7.93. The van der Waals surface area contributed by atoms with Crippen molar-refractivity contribution in [2.45, 2.75) is 34.3 Å². The lowest BCUT2D eigenvalue weighted by Gasteiger charge is -2.20. The number of hydrogen-bond donors (Lipinski definition) is 0. The fourth-order valence-electron chi connectivity index (χ4n) is 3.71. The Morgan fingerprint density at radius 2 is 1.82 bits per heavy atom. The quantitative estimate of drug-likeness (QED) is 0.398. The number of carbonyl (C=O) groups excluding carboxylic acids is 2. The van der Waals surface area contributed by atoms with Crippen molar-refractivity contribution in [3.63, 3.8) is 0 Å². The molecule has 0 spiro atoms. The van der Waals surface area contributed by atoms with Crippen LogP contribution in [0.3, 0.4) is 0 Å². The first-order valence-corrected chi connectivity index (χ1v) is 11.1. The molecule has 33 heavy (non-hydrogen) atoms. The Hall–Kier alpha value is -3.54. The van der Waals surface area contributed by atoms with E-state index in [1.165, 1.54) is 0 Å². The van der Waals surface area contributed by atoms with Crippen molar-refractivity contribution in [3.05, 3.63) is 76.5 Å². The summed E-state index contributed by atoms with van der Waals surface area (Å²) in [5.41, 5.74) is 3.03. The first-order valence-electron chi connectivity index (χ1n) is 11.1. The predicted molar refractivity (Wildman–Crippen MR) is 128 cm³/mol. The molecule has 1 heterocycles. The van der Waals surface area contributed by atoms with Gasteiger partial charge >= 0.3 is 5.97 Å². The molecule has 0 fully saturated rings. The Balaban J connectivity index is 1.92. The lowest BCUT2D eigenvalue weighted by Crippen LogP contribution is -2.28. The molecule has 3 rings (SSSR count). The average molecular weight is 450 g/mol. The van der Waals surface area contributed by atoms with E-state index in [4.69, 9.17) is 14.2 Å². The number of hydrogen-bond acceptors (Lipinski definition) is 5. The summed E-state index contributed by atoms with van der Waals surface area (Å²) in [6.45, 7) is 8.78. The number of ether oxygens (including phenoxy) is 3. The highest BCUT2D eigenvalue weighted by molar-refractivity contribution is 6.16. The Bertz CT molecular complexity index is 1070. The number of rotatable bonds is 9. The van der Waals surface area contributed by atoms with Gasteiger partial charge in [-0.15, -0.1) is 0 Å². The number of esters is 1. The van der Waals surface area contributed by atoms with Gasteiger partial charge in [-0.25, -0.2) is 4.79 Å². The van der Waals surface area contributed by atoms with Gasteiger partial charge in [-0.3, -0.25) is 4.79 Å². The van der Waals surface area contributed by atoms with Gasteiger partial charge in [-0.2, -0.15) is 0 Å². The van der Waals surface area contributed by atoms with E-state index in [2.05, 4.69) is 0 Å². The number of benzene rings is 2. The molecule has 0 N–H and O–H groups in total. The summed E-state index contributed by atoms with van der Waals surface area (Å²) in [6.07, 6.45) is 1.71. The van der Waals surface area contributed by atoms with E-state index in [1.54, 1.807) is 44.1 Å². The summed E-state index contributed by atoms with van der Waals surface area (Å²) in [4.78, 5) is 27.5. The SMILES string of the molecule is CCOC(=O)C1=C(C)N(CC(C)C)C(=O)/C1=C\c1ccc(OCc2ccccc2)c(OC)c1. The van der Waals surface area contributed by atoms with Crippen LogP contribution in [0.1, 0.15) is 38.8 Å². The van der Waals surface area contributed by atoms with Gasteiger partial charge in [0, 0.05) is 12.2 Å². The van der Waals surface area contributed by atoms with E-state index in [9.17, 15) is 9.59 Å². The zero-order chi connectivity index (χ0) is 24.0. The van der Waals surface area contributed by atoms with Crippen molar-refractivity contribution in [2.24, 2.45) is 5.92 Å². The second-order valence-electron chi connectivity index (χ2n) is 8.23. The van der Waals surface area contributed by atoms with Crippen molar-refractivity contribution in [1.82, 2.24) is 4.90 Å². The standard InChI is InChI=1S/C27H31NO5/c1-6-32-27(30)25-19(4)28(16-18(2)3)26(29)22(25)14-21-12-13-23(24(15-21)31-5)33-17-20-10-8-7-9-11-20/h7-15,18H,6,16-17H2,1-5H3/b22-14-. The summed E-state index contributed by atoms with van der Waals surface area (Å²) in [6, 6.07) is 15.3. The third-order valence-corrected chi connectivity index (χ3v) is 5.27. The molecule has 174 valence electrons. The van der Waals surface area contributed by atoms with E-state index in [0.29, 0.717) is 41.5 Å². The average Bonchev–Trinajstić information content (AvgIpc) is 3.02. The van der Waals surface area contributed by atoms with Gasteiger partial charge in [0.05, 0.1) is 24.9 Å². The van der Waals surface area contributed by atoms with Gasteiger partial charge in [-0.1, -0.05) is 50.2 Å². The summed E-state index contributed by atoms with van der Waals surface area (Å²) >= 11 is 0. The van der Waals surface area contributed by atoms with Crippen molar-refractivity contribution >= 4 is 18.0 Å². The molecule has 0 unspecified atom stereocenters. The molecular weight excluding hydrogens is 418 g/mol. The minimum absolute atomic E-state index is 0.201. The molecule has 6 heteroatoms. The van der Waals surface area contributed by atoms with E-state index in [1.807, 2.05) is 50.2 Å². The second-order valence-corrected chi connectivity index (χ2v) is 8.23. The molecular formula is C27H31NO5. The maximum Gasteiger partial charge on any atom is 0.340 e. The zero-order valence-electron chi connectivity index (χ0n) is 19.9. The minimum Gasteiger partial charge on any atom is -0.493 e. The summed E-state index contributed by atoms with van der Waals surface area (Å²) in [7, 11) is 1.57. The van der Waals surface area contributed by atoms with Crippen LogP contribution >= 0.6 is 0 Å². The minimum atomic E-state index is -0.490. The van der Waals surface area contributed by atoms with E-state index in [0.717, 1.165) is 11.1 Å². The van der Waals surface area contributed by atoms with Gasteiger partial charge in [0.2, 0.25) is 0 Å². The Labute approximate surface area is 195 Å². The number of amides is 1.